The second-order valence-electron chi connectivity index (χ2n) is 4.17. The highest BCUT2D eigenvalue weighted by atomic mass is 79.9. The molecule has 0 radical (unpaired) electrons. The number of halogens is 3. The molecule has 1 aromatic carbocycles. The summed E-state index contributed by atoms with van der Waals surface area (Å²) < 4.78 is 15.7. The molecule has 2 aromatic heterocycles. The van der Waals surface area contributed by atoms with E-state index in [0.717, 1.165) is 11.2 Å². The average Bonchev–Trinajstić information content (AvgIpc) is 2.88. The maximum Gasteiger partial charge on any atom is 0.180 e. The molecule has 0 saturated heterocycles. The number of hydrogen-bond acceptors (Lipinski definition) is 3. The van der Waals surface area contributed by atoms with Crippen LogP contribution in [-0.4, -0.2) is 14.4 Å². The summed E-state index contributed by atoms with van der Waals surface area (Å²) in [6, 6.07) is 4.61. The molecule has 7 heteroatoms. The molecule has 3 rings (SSSR count). The van der Waals surface area contributed by atoms with E-state index in [0.29, 0.717) is 17.0 Å². The third-order valence-electron chi connectivity index (χ3n) is 2.79. The Hall–Kier alpha value is -1.66. The van der Waals surface area contributed by atoms with Gasteiger partial charge in [-0.05, 0) is 33.6 Å². The standard InChI is InChI=1S/C13H9BrClFN4/c14-11-7-20-4-3-17-13(20)12(19-11)18-6-8-1-2-10(16)9(15)5-8/h1-5,7H,6H2,(H,18,19). The first-order chi connectivity index (χ1) is 9.63. The van der Waals surface area contributed by atoms with Gasteiger partial charge in [0.25, 0.3) is 0 Å². The fraction of sp³-hybridized carbons (Fsp3) is 0.0769. The van der Waals surface area contributed by atoms with Crippen LogP contribution >= 0.6 is 27.5 Å². The van der Waals surface area contributed by atoms with Gasteiger partial charge in [0.2, 0.25) is 0 Å². The molecule has 0 saturated carbocycles. The lowest BCUT2D eigenvalue weighted by molar-refractivity contribution is 0.627. The molecule has 0 bridgehead atoms. The van der Waals surface area contributed by atoms with Gasteiger partial charge in [-0.15, -0.1) is 0 Å². The fourth-order valence-electron chi connectivity index (χ4n) is 1.86. The molecule has 0 aliphatic heterocycles. The normalized spacial score (nSPS) is 10.9. The smallest absolute Gasteiger partial charge is 0.180 e. The maximum absolute atomic E-state index is 13.1. The van der Waals surface area contributed by atoms with Crippen LogP contribution in [0.25, 0.3) is 5.65 Å². The molecule has 0 amide bonds. The summed E-state index contributed by atoms with van der Waals surface area (Å²) in [7, 11) is 0. The van der Waals surface area contributed by atoms with Gasteiger partial charge in [-0.2, -0.15) is 0 Å². The topological polar surface area (TPSA) is 42.2 Å². The number of rotatable bonds is 3. The van der Waals surface area contributed by atoms with Gasteiger partial charge < -0.3 is 9.72 Å². The van der Waals surface area contributed by atoms with E-state index in [-0.39, 0.29) is 5.02 Å². The summed E-state index contributed by atoms with van der Waals surface area (Å²) in [6.45, 7) is 0.478. The fourth-order valence-corrected chi connectivity index (χ4v) is 2.46. The van der Waals surface area contributed by atoms with E-state index >= 15 is 0 Å². The number of imidazole rings is 1. The Morgan fingerprint density at radius 2 is 2.25 bits per heavy atom. The van der Waals surface area contributed by atoms with E-state index in [1.54, 1.807) is 18.3 Å². The van der Waals surface area contributed by atoms with Crippen LogP contribution < -0.4 is 5.32 Å². The molecule has 0 spiro atoms. The van der Waals surface area contributed by atoms with Gasteiger partial charge >= 0.3 is 0 Å². The molecular formula is C13H9BrClFN4. The lowest BCUT2D eigenvalue weighted by atomic mass is 10.2. The minimum atomic E-state index is -0.424. The van der Waals surface area contributed by atoms with E-state index in [2.05, 4.69) is 31.2 Å². The zero-order valence-electron chi connectivity index (χ0n) is 10.1. The number of anilines is 1. The molecule has 2 heterocycles. The van der Waals surface area contributed by atoms with Crippen LogP contribution in [0, 0.1) is 5.82 Å². The number of nitrogens with zero attached hydrogens (tertiary/aromatic N) is 3. The van der Waals surface area contributed by atoms with Gasteiger partial charge in [-0.3, -0.25) is 0 Å². The molecule has 0 aliphatic rings. The van der Waals surface area contributed by atoms with Crippen molar-refractivity contribution < 1.29 is 4.39 Å². The van der Waals surface area contributed by atoms with Crippen molar-refractivity contribution in [2.24, 2.45) is 0 Å². The molecule has 1 N–H and O–H groups in total. The first-order valence-electron chi connectivity index (χ1n) is 5.80. The second kappa shape index (κ2) is 5.38. The Morgan fingerprint density at radius 3 is 3.05 bits per heavy atom. The number of nitrogens with one attached hydrogen (secondary N) is 1. The molecule has 0 fully saturated rings. The second-order valence-corrected chi connectivity index (χ2v) is 5.39. The molecule has 0 atom stereocenters. The Bertz CT molecular complexity index is 774. The predicted octanol–water partition coefficient (Wildman–Crippen LogP) is 3.90. The van der Waals surface area contributed by atoms with Crippen molar-refractivity contribution in [3.63, 3.8) is 0 Å². The average molecular weight is 356 g/mol. The van der Waals surface area contributed by atoms with Crippen LogP contribution in [0.2, 0.25) is 5.02 Å². The van der Waals surface area contributed by atoms with E-state index in [1.165, 1.54) is 6.07 Å². The summed E-state index contributed by atoms with van der Waals surface area (Å²) >= 11 is 9.10. The van der Waals surface area contributed by atoms with Crippen LogP contribution in [0.1, 0.15) is 5.56 Å². The largest absolute Gasteiger partial charge is 0.363 e. The number of aromatic nitrogens is 3. The highest BCUT2D eigenvalue weighted by Crippen LogP contribution is 2.19. The third-order valence-corrected chi connectivity index (χ3v) is 3.46. The minimum Gasteiger partial charge on any atom is -0.363 e. The summed E-state index contributed by atoms with van der Waals surface area (Å²) in [5.74, 6) is 0.219. The number of benzene rings is 1. The van der Waals surface area contributed by atoms with Crippen molar-refractivity contribution in [1.82, 2.24) is 14.4 Å². The first kappa shape index (κ1) is 13.3. The van der Waals surface area contributed by atoms with Gasteiger partial charge in [0.15, 0.2) is 11.5 Å². The predicted molar refractivity (Wildman–Crippen MR) is 79.4 cm³/mol. The van der Waals surface area contributed by atoms with Crippen LogP contribution in [0.5, 0.6) is 0 Å². The molecule has 0 unspecified atom stereocenters. The molecule has 20 heavy (non-hydrogen) atoms. The number of fused-ring (bicyclic) bond motifs is 1. The van der Waals surface area contributed by atoms with Crippen molar-refractivity contribution in [1.29, 1.82) is 0 Å². The summed E-state index contributed by atoms with van der Waals surface area (Å²) in [5.41, 5.74) is 1.59. The Balaban J connectivity index is 1.86. The van der Waals surface area contributed by atoms with Crippen molar-refractivity contribution >= 4 is 39.0 Å². The quantitative estimate of drug-likeness (QED) is 0.775. The molecule has 0 aliphatic carbocycles. The molecule has 102 valence electrons. The van der Waals surface area contributed by atoms with Crippen molar-refractivity contribution in [2.45, 2.75) is 6.54 Å². The Morgan fingerprint density at radius 1 is 1.40 bits per heavy atom. The van der Waals surface area contributed by atoms with E-state index in [4.69, 9.17) is 11.6 Å². The van der Waals surface area contributed by atoms with Crippen LogP contribution in [0.4, 0.5) is 10.2 Å². The van der Waals surface area contributed by atoms with Gasteiger partial charge in [-0.25, -0.2) is 14.4 Å². The lowest BCUT2D eigenvalue weighted by Crippen LogP contribution is -2.04. The molecule has 4 nitrogen and oxygen atoms in total. The minimum absolute atomic E-state index is 0.109. The third kappa shape index (κ3) is 2.62. The number of hydrogen-bond donors (Lipinski definition) is 1. The summed E-state index contributed by atoms with van der Waals surface area (Å²) in [6.07, 6.45) is 5.35. The lowest BCUT2D eigenvalue weighted by Gasteiger charge is -2.08. The summed E-state index contributed by atoms with van der Waals surface area (Å²) in [5, 5.41) is 3.28. The Kier molecular flexibility index (Phi) is 3.58. The maximum atomic E-state index is 13.1. The van der Waals surface area contributed by atoms with Gasteiger partial charge in [0.05, 0.1) is 5.02 Å². The van der Waals surface area contributed by atoms with Gasteiger partial charge in [0.1, 0.15) is 10.4 Å². The zero-order chi connectivity index (χ0) is 14.1. The first-order valence-corrected chi connectivity index (χ1v) is 6.97. The molecule has 3 aromatic rings. The highest BCUT2D eigenvalue weighted by molar-refractivity contribution is 9.10. The van der Waals surface area contributed by atoms with Gasteiger partial charge in [0, 0.05) is 25.1 Å². The van der Waals surface area contributed by atoms with E-state index in [9.17, 15) is 4.39 Å². The van der Waals surface area contributed by atoms with E-state index < -0.39 is 5.82 Å². The van der Waals surface area contributed by atoms with Gasteiger partial charge in [-0.1, -0.05) is 17.7 Å². The SMILES string of the molecule is Fc1ccc(CNc2nc(Br)cn3ccnc23)cc1Cl. The van der Waals surface area contributed by atoms with E-state index in [1.807, 2.05) is 16.8 Å². The monoisotopic (exact) mass is 354 g/mol. The highest BCUT2D eigenvalue weighted by Gasteiger charge is 2.07. The Labute approximate surface area is 127 Å². The van der Waals surface area contributed by atoms with Crippen molar-refractivity contribution in [3.8, 4) is 0 Å². The van der Waals surface area contributed by atoms with Crippen molar-refractivity contribution in [2.75, 3.05) is 5.32 Å². The van der Waals surface area contributed by atoms with Crippen LogP contribution in [0.3, 0.4) is 0 Å². The molecular weight excluding hydrogens is 347 g/mol. The van der Waals surface area contributed by atoms with Crippen LogP contribution in [0.15, 0.2) is 41.4 Å². The van der Waals surface area contributed by atoms with Crippen LogP contribution in [-0.2, 0) is 6.54 Å². The summed E-state index contributed by atoms with van der Waals surface area (Å²) in [4.78, 5) is 8.58. The van der Waals surface area contributed by atoms with Crippen molar-refractivity contribution in [3.05, 3.63) is 57.8 Å². The zero-order valence-corrected chi connectivity index (χ0v) is 12.5.